The highest BCUT2D eigenvalue weighted by Crippen LogP contribution is 2.08. The molecular formula is C16H29I. The molecule has 0 N–H and O–H groups in total. The predicted octanol–water partition coefficient (Wildman–Crippen LogP) is 6.45. The molecule has 17 heavy (non-hydrogen) atoms. The maximum absolute atomic E-state index is 2.47. The highest BCUT2D eigenvalue weighted by molar-refractivity contribution is 14.1. The number of allylic oxidation sites excluding steroid dienone is 4. The van der Waals surface area contributed by atoms with Gasteiger partial charge in [-0.2, -0.15) is 0 Å². The van der Waals surface area contributed by atoms with Crippen molar-refractivity contribution in [2.75, 3.05) is 4.43 Å². The summed E-state index contributed by atoms with van der Waals surface area (Å²) >= 11 is 2.47. The number of halogens is 1. The number of rotatable bonds is 12. The largest absolute Gasteiger partial charge is 0.0864 e. The summed E-state index contributed by atoms with van der Waals surface area (Å²) in [7, 11) is 0. The Morgan fingerprint density at radius 2 is 1.24 bits per heavy atom. The van der Waals surface area contributed by atoms with Crippen LogP contribution in [0, 0.1) is 0 Å². The van der Waals surface area contributed by atoms with Crippen LogP contribution in [-0.2, 0) is 0 Å². The number of alkyl halides is 1. The summed E-state index contributed by atoms with van der Waals surface area (Å²) in [5.74, 6) is 0. The van der Waals surface area contributed by atoms with Crippen LogP contribution < -0.4 is 0 Å². The first-order valence-corrected chi connectivity index (χ1v) is 8.82. The van der Waals surface area contributed by atoms with E-state index in [9.17, 15) is 0 Å². The van der Waals surface area contributed by atoms with Crippen molar-refractivity contribution in [2.45, 2.75) is 71.1 Å². The second kappa shape index (κ2) is 16.2. The lowest BCUT2D eigenvalue weighted by Crippen LogP contribution is -1.79. The van der Waals surface area contributed by atoms with Gasteiger partial charge in [0.1, 0.15) is 0 Å². The molecule has 0 rings (SSSR count). The van der Waals surface area contributed by atoms with Gasteiger partial charge in [0.25, 0.3) is 0 Å². The molecule has 0 fully saturated rings. The third-order valence-electron chi connectivity index (χ3n) is 2.86. The lowest BCUT2D eigenvalue weighted by Gasteiger charge is -1.98. The fourth-order valence-corrected chi connectivity index (χ4v) is 2.27. The fraction of sp³-hybridized carbons (Fsp3) is 0.750. The summed E-state index contributed by atoms with van der Waals surface area (Å²) in [6.07, 6.45) is 22.6. The minimum absolute atomic E-state index is 1.23. The Morgan fingerprint density at radius 3 is 1.82 bits per heavy atom. The van der Waals surface area contributed by atoms with Crippen LogP contribution in [0.2, 0.25) is 0 Å². The average molecular weight is 348 g/mol. The molecule has 0 aromatic heterocycles. The van der Waals surface area contributed by atoms with Crippen LogP contribution in [0.1, 0.15) is 71.1 Å². The molecule has 0 saturated heterocycles. The van der Waals surface area contributed by atoms with Crippen molar-refractivity contribution in [3.63, 3.8) is 0 Å². The minimum atomic E-state index is 1.23. The van der Waals surface area contributed by atoms with Gasteiger partial charge in [0, 0.05) is 0 Å². The molecule has 0 atom stereocenters. The first-order valence-electron chi connectivity index (χ1n) is 7.29. The van der Waals surface area contributed by atoms with Gasteiger partial charge in [-0.3, -0.25) is 0 Å². The van der Waals surface area contributed by atoms with E-state index in [2.05, 4.69) is 53.8 Å². The summed E-state index contributed by atoms with van der Waals surface area (Å²) in [5, 5.41) is 0. The number of unbranched alkanes of at least 4 members (excludes halogenated alkanes) is 8. The van der Waals surface area contributed by atoms with E-state index in [-0.39, 0.29) is 0 Å². The Kier molecular flexibility index (Phi) is 16.4. The summed E-state index contributed by atoms with van der Waals surface area (Å²) in [4.78, 5) is 0. The molecule has 1 heteroatoms. The van der Waals surface area contributed by atoms with E-state index in [0.29, 0.717) is 0 Å². The first kappa shape index (κ1) is 17.2. The van der Waals surface area contributed by atoms with E-state index in [1.807, 2.05) is 0 Å². The van der Waals surface area contributed by atoms with E-state index in [1.54, 1.807) is 0 Å². The van der Waals surface area contributed by atoms with Crippen LogP contribution in [0.15, 0.2) is 24.3 Å². The molecule has 0 aromatic carbocycles. The van der Waals surface area contributed by atoms with Gasteiger partial charge in [-0.15, -0.1) is 0 Å². The molecule has 0 heterocycles. The maximum Gasteiger partial charge on any atom is -0.000473 e. The fourth-order valence-electron chi connectivity index (χ4n) is 1.74. The zero-order valence-corrected chi connectivity index (χ0v) is 13.6. The normalized spacial score (nSPS) is 11.9. The Balaban J connectivity index is 3.11. The zero-order valence-electron chi connectivity index (χ0n) is 11.5. The third kappa shape index (κ3) is 16.2. The van der Waals surface area contributed by atoms with Crippen molar-refractivity contribution in [1.82, 2.24) is 0 Å². The van der Waals surface area contributed by atoms with E-state index >= 15 is 0 Å². The van der Waals surface area contributed by atoms with Crippen LogP contribution in [-0.4, -0.2) is 4.43 Å². The Labute approximate surface area is 122 Å². The summed E-state index contributed by atoms with van der Waals surface area (Å²) in [6, 6.07) is 0. The molecular weight excluding hydrogens is 319 g/mol. The monoisotopic (exact) mass is 348 g/mol. The van der Waals surface area contributed by atoms with Crippen molar-refractivity contribution in [3.05, 3.63) is 24.3 Å². The predicted molar refractivity (Wildman–Crippen MR) is 89.0 cm³/mol. The quantitative estimate of drug-likeness (QED) is 0.164. The molecule has 0 amide bonds. The molecule has 0 unspecified atom stereocenters. The molecule has 0 aliphatic carbocycles. The van der Waals surface area contributed by atoms with Crippen molar-refractivity contribution < 1.29 is 0 Å². The SMILES string of the molecule is CCCC/C=C/C=C\CCCCCCCCI. The van der Waals surface area contributed by atoms with E-state index < -0.39 is 0 Å². The highest BCUT2D eigenvalue weighted by Gasteiger charge is 1.89. The second-order valence-corrected chi connectivity index (χ2v) is 5.68. The topological polar surface area (TPSA) is 0 Å². The summed E-state index contributed by atoms with van der Waals surface area (Å²) < 4.78 is 1.32. The number of hydrogen-bond donors (Lipinski definition) is 0. The van der Waals surface area contributed by atoms with Gasteiger partial charge in [-0.1, -0.05) is 92.3 Å². The molecule has 0 nitrogen and oxygen atoms in total. The van der Waals surface area contributed by atoms with Crippen molar-refractivity contribution in [2.24, 2.45) is 0 Å². The van der Waals surface area contributed by atoms with E-state index in [0.717, 1.165) is 0 Å². The molecule has 0 aliphatic heterocycles. The molecule has 0 spiro atoms. The van der Waals surface area contributed by atoms with Gasteiger partial charge < -0.3 is 0 Å². The highest BCUT2D eigenvalue weighted by atomic mass is 127. The lowest BCUT2D eigenvalue weighted by molar-refractivity contribution is 0.614. The molecule has 0 saturated carbocycles. The van der Waals surface area contributed by atoms with Crippen molar-refractivity contribution in [3.8, 4) is 0 Å². The molecule has 0 aromatic rings. The molecule has 100 valence electrons. The van der Waals surface area contributed by atoms with Gasteiger partial charge in [0.2, 0.25) is 0 Å². The second-order valence-electron chi connectivity index (χ2n) is 4.60. The third-order valence-corrected chi connectivity index (χ3v) is 3.62. The van der Waals surface area contributed by atoms with Gasteiger partial charge in [0.05, 0.1) is 0 Å². The smallest absolute Gasteiger partial charge is 0.000473 e. The average Bonchev–Trinajstić information content (AvgIpc) is 2.35. The molecule has 0 aliphatic rings. The van der Waals surface area contributed by atoms with Crippen LogP contribution in [0.5, 0.6) is 0 Å². The lowest BCUT2D eigenvalue weighted by atomic mass is 10.1. The van der Waals surface area contributed by atoms with Crippen LogP contribution in [0.3, 0.4) is 0 Å². The maximum atomic E-state index is 2.47. The van der Waals surface area contributed by atoms with Crippen LogP contribution in [0.25, 0.3) is 0 Å². The molecule has 0 bridgehead atoms. The number of hydrogen-bond acceptors (Lipinski definition) is 0. The van der Waals surface area contributed by atoms with E-state index in [1.165, 1.54) is 68.6 Å². The van der Waals surface area contributed by atoms with Gasteiger partial charge >= 0.3 is 0 Å². The van der Waals surface area contributed by atoms with Crippen LogP contribution >= 0.6 is 22.6 Å². The Morgan fingerprint density at radius 1 is 0.706 bits per heavy atom. The van der Waals surface area contributed by atoms with Gasteiger partial charge in [-0.05, 0) is 30.1 Å². The van der Waals surface area contributed by atoms with Crippen molar-refractivity contribution >= 4 is 22.6 Å². The van der Waals surface area contributed by atoms with Gasteiger partial charge in [0.15, 0.2) is 0 Å². The summed E-state index contributed by atoms with van der Waals surface area (Å²) in [6.45, 7) is 2.24. The van der Waals surface area contributed by atoms with Crippen molar-refractivity contribution in [1.29, 1.82) is 0 Å². The Bertz CT molecular complexity index is 182. The van der Waals surface area contributed by atoms with E-state index in [4.69, 9.17) is 0 Å². The standard InChI is InChI=1S/C16H29I/c1-2-3-4-5-6-7-8-9-10-11-12-13-14-15-16-17/h5-8H,2-4,9-16H2,1H3/b6-5+,8-7-. The minimum Gasteiger partial charge on any atom is -0.0864 e. The first-order chi connectivity index (χ1) is 8.41. The van der Waals surface area contributed by atoms with Gasteiger partial charge in [-0.25, -0.2) is 0 Å². The van der Waals surface area contributed by atoms with Crippen LogP contribution in [0.4, 0.5) is 0 Å². The molecule has 0 radical (unpaired) electrons. The zero-order chi connectivity index (χ0) is 12.6. The Hall–Kier alpha value is 0.210. The summed E-state index contributed by atoms with van der Waals surface area (Å²) in [5.41, 5.74) is 0.